The van der Waals surface area contributed by atoms with Crippen LogP contribution < -0.4 is 5.32 Å². The van der Waals surface area contributed by atoms with Crippen LogP contribution in [-0.2, 0) is 10.0 Å². The maximum Gasteiger partial charge on any atom is 0.257 e. The molecule has 27 heavy (non-hydrogen) atoms. The lowest BCUT2D eigenvalue weighted by Crippen LogP contribution is -2.33. The fourth-order valence-corrected chi connectivity index (χ4v) is 4.44. The molecule has 2 aromatic carbocycles. The highest BCUT2D eigenvalue weighted by Crippen LogP contribution is 2.26. The fraction of sp³-hybridized carbons (Fsp3) is 0.350. The van der Waals surface area contributed by atoms with Crippen LogP contribution in [0.4, 0.5) is 5.69 Å². The van der Waals surface area contributed by atoms with Crippen LogP contribution in [0.2, 0.25) is 5.02 Å². The Kier molecular flexibility index (Phi) is 6.35. The van der Waals surface area contributed by atoms with Crippen molar-refractivity contribution in [3.05, 3.63) is 57.6 Å². The highest BCUT2D eigenvalue weighted by molar-refractivity contribution is 7.89. The number of rotatable bonds is 5. The zero-order chi connectivity index (χ0) is 20.5. The maximum absolute atomic E-state index is 12.8. The van der Waals surface area contributed by atoms with Crippen LogP contribution in [0.5, 0.6) is 0 Å². The van der Waals surface area contributed by atoms with Crippen molar-refractivity contribution in [2.75, 3.05) is 12.4 Å². The third-order valence-corrected chi connectivity index (χ3v) is 6.86. The Balaban J connectivity index is 2.44. The third kappa shape index (κ3) is 4.51. The number of hydrogen-bond acceptors (Lipinski definition) is 3. The van der Waals surface area contributed by atoms with E-state index in [1.54, 1.807) is 13.8 Å². The van der Waals surface area contributed by atoms with E-state index < -0.39 is 15.9 Å². The number of carbonyl (C=O) groups excluding carboxylic acids is 1. The van der Waals surface area contributed by atoms with Gasteiger partial charge in [-0.2, -0.15) is 4.31 Å². The first kappa shape index (κ1) is 21.4. The molecule has 0 bridgehead atoms. The van der Waals surface area contributed by atoms with Gasteiger partial charge < -0.3 is 5.32 Å². The van der Waals surface area contributed by atoms with Crippen molar-refractivity contribution in [3.8, 4) is 0 Å². The predicted octanol–water partition coefficient (Wildman–Crippen LogP) is 4.55. The Labute approximate surface area is 166 Å². The van der Waals surface area contributed by atoms with Gasteiger partial charge in [-0.3, -0.25) is 4.79 Å². The average molecular weight is 409 g/mol. The van der Waals surface area contributed by atoms with E-state index in [1.165, 1.54) is 29.6 Å². The van der Waals surface area contributed by atoms with Gasteiger partial charge in [-0.15, -0.1) is 0 Å². The predicted molar refractivity (Wildman–Crippen MR) is 110 cm³/mol. The van der Waals surface area contributed by atoms with Gasteiger partial charge in [0.15, 0.2) is 0 Å². The molecule has 0 unspecified atom stereocenters. The lowest BCUT2D eigenvalue weighted by atomic mass is 10.0. The van der Waals surface area contributed by atoms with Crippen molar-refractivity contribution < 1.29 is 13.2 Å². The zero-order valence-corrected chi connectivity index (χ0v) is 18.0. The van der Waals surface area contributed by atoms with Crippen LogP contribution in [0.15, 0.2) is 35.2 Å². The first-order valence-electron chi connectivity index (χ1n) is 8.62. The number of amides is 1. The van der Waals surface area contributed by atoms with Crippen molar-refractivity contribution in [1.29, 1.82) is 0 Å². The Hall–Kier alpha value is -1.89. The molecular weight excluding hydrogens is 384 g/mol. The molecule has 2 rings (SSSR count). The van der Waals surface area contributed by atoms with Crippen LogP contribution in [0.25, 0.3) is 0 Å². The number of sulfonamides is 1. The smallest absolute Gasteiger partial charge is 0.257 e. The van der Waals surface area contributed by atoms with Crippen LogP contribution in [0.1, 0.15) is 40.9 Å². The summed E-state index contributed by atoms with van der Waals surface area (Å²) in [5.41, 5.74) is 3.79. The molecule has 0 radical (unpaired) electrons. The van der Waals surface area contributed by atoms with Gasteiger partial charge in [0.2, 0.25) is 10.0 Å². The molecule has 0 atom stereocenters. The molecule has 146 valence electrons. The topological polar surface area (TPSA) is 66.5 Å². The Morgan fingerprint density at radius 1 is 1.07 bits per heavy atom. The summed E-state index contributed by atoms with van der Waals surface area (Å²) in [6, 6.07) is 7.92. The molecule has 0 aliphatic carbocycles. The second-order valence-corrected chi connectivity index (χ2v) is 9.39. The molecule has 0 aromatic heterocycles. The van der Waals surface area contributed by atoms with E-state index in [0.29, 0.717) is 5.69 Å². The minimum absolute atomic E-state index is 0.0330. The number of aryl methyl sites for hydroxylation is 3. The quantitative estimate of drug-likeness (QED) is 0.789. The molecule has 1 N–H and O–H groups in total. The molecule has 0 saturated carbocycles. The summed E-state index contributed by atoms with van der Waals surface area (Å²) >= 11 is 6.19. The highest BCUT2D eigenvalue weighted by atomic mass is 35.5. The van der Waals surface area contributed by atoms with E-state index in [4.69, 9.17) is 11.6 Å². The molecule has 2 aromatic rings. The van der Waals surface area contributed by atoms with Crippen molar-refractivity contribution in [2.24, 2.45) is 0 Å². The Morgan fingerprint density at radius 3 is 2.15 bits per heavy atom. The average Bonchev–Trinajstić information content (AvgIpc) is 2.57. The minimum Gasteiger partial charge on any atom is -0.321 e. The van der Waals surface area contributed by atoms with Crippen LogP contribution in [-0.4, -0.2) is 31.7 Å². The van der Waals surface area contributed by atoms with E-state index in [2.05, 4.69) is 5.32 Å². The lowest BCUT2D eigenvalue weighted by molar-refractivity contribution is 0.102. The Morgan fingerprint density at radius 2 is 1.63 bits per heavy atom. The number of halogens is 1. The monoisotopic (exact) mass is 408 g/mol. The van der Waals surface area contributed by atoms with Crippen molar-refractivity contribution in [3.63, 3.8) is 0 Å². The number of anilines is 1. The standard InChI is InChI=1S/C20H25ClN2O3S/c1-12(2)23(6)27(25,26)16-7-8-18(21)17(11-16)20(24)22-19-14(4)9-13(3)10-15(19)5/h7-12H,1-6H3,(H,22,24). The van der Waals surface area contributed by atoms with Crippen LogP contribution in [0.3, 0.4) is 0 Å². The largest absolute Gasteiger partial charge is 0.321 e. The number of benzene rings is 2. The zero-order valence-electron chi connectivity index (χ0n) is 16.4. The highest BCUT2D eigenvalue weighted by Gasteiger charge is 2.25. The molecule has 0 fully saturated rings. The van der Waals surface area contributed by atoms with Gasteiger partial charge in [0.1, 0.15) is 0 Å². The van der Waals surface area contributed by atoms with E-state index in [-0.39, 0.29) is 21.5 Å². The fourth-order valence-electron chi connectivity index (χ4n) is 2.84. The summed E-state index contributed by atoms with van der Waals surface area (Å²) in [6.45, 7) is 9.38. The summed E-state index contributed by atoms with van der Waals surface area (Å²) in [5.74, 6) is -0.445. The second-order valence-electron chi connectivity index (χ2n) is 6.98. The molecule has 1 amide bonds. The van der Waals surface area contributed by atoms with Crippen LogP contribution in [0, 0.1) is 20.8 Å². The number of nitrogens with zero attached hydrogens (tertiary/aromatic N) is 1. The number of carbonyl (C=O) groups is 1. The third-order valence-electron chi connectivity index (χ3n) is 4.50. The van der Waals surface area contributed by atoms with E-state index in [0.717, 1.165) is 16.7 Å². The summed E-state index contributed by atoms with van der Waals surface area (Å²) in [4.78, 5) is 12.8. The van der Waals surface area contributed by atoms with Crippen molar-refractivity contribution >= 4 is 33.2 Å². The van der Waals surface area contributed by atoms with Gasteiger partial charge in [0.25, 0.3) is 5.91 Å². The van der Waals surface area contributed by atoms with Gasteiger partial charge in [0, 0.05) is 18.8 Å². The molecule has 7 heteroatoms. The van der Waals surface area contributed by atoms with Crippen LogP contribution >= 0.6 is 11.6 Å². The van der Waals surface area contributed by atoms with E-state index in [9.17, 15) is 13.2 Å². The summed E-state index contributed by atoms with van der Waals surface area (Å²) in [7, 11) is -2.20. The Bertz CT molecular complexity index is 962. The number of nitrogens with one attached hydrogen (secondary N) is 1. The van der Waals surface area contributed by atoms with Gasteiger partial charge >= 0.3 is 0 Å². The number of hydrogen-bond donors (Lipinski definition) is 1. The molecule has 5 nitrogen and oxygen atoms in total. The first-order valence-corrected chi connectivity index (χ1v) is 10.4. The van der Waals surface area contributed by atoms with Crippen molar-refractivity contribution in [2.45, 2.75) is 45.6 Å². The van der Waals surface area contributed by atoms with Gasteiger partial charge in [-0.25, -0.2) is 8.42 Å². The summed E-state index contributed by atoms with van der Waals surface area (Å²) in [6.07, 6.45) is 0. The summed E-state index contributed by atoms with van der Waals surface area (Å²) in [5, 5.41) is 3.06. The molecular formula is C20H25ClN2O3S. The lowest BCUT2D eigenvalue weighted by Gasteiger charge is -2.21. The SMILES string of the molecule is Cc1cc(C)c(NC(=O)c2cc(S(=O)(=O)N(C)C(C)C)ccc2Cl)c(C)c1. The first-order chi connectivity index (χ1) is 12.4. The molecule has 0 aliphatic rings. The normalized spacial score (nSPS) is 11.9. The molecule has 0 spiro atoms. The van der Waals surface area contributed by atoms with Gasteiger partial charge in [0.05, 0.1) is 15.5 Å². The molecule has 0 heterocycles. The van der Waals surface area contributed by atoms with Crippen molar-refractivity contribution in [1.82, 2.24) is 4.31 Å². The minimum atomic E-state index is -3.71. The van der Waals surface area contributed by atoms with E-state index >= 15 is 0 Å². The molecule has 0 aliphatic heterocycles. The second kappa shape index (κ2) is 8.00. The maximum atomic E-state index is 12.8. The van der Waals surface area contributed by atoms with Gasteiger partial charge in [-0.1, -0.05) is 29.3 Å². The summed E-state index contributed by atoms with van der Waals surface area (Å²) < 4.78 is 26.7. The van der Waals surface area contributed by atoms with E-state index in [1.807, 2.05) is 32.9 Å². The van der Waals surface area contributed by atoms with Gasteiger partial charge in [-0.05, 0) is 63.9 Å². The molecule has 0 saturated heterocycles.